The Morgan fingerprint density at radius 3 is 2.89 bits per heavy atom. The minimum atomic E-state index is -0.150. The lowest BCUT2D eigenvalue weighted by molar-refractivity contribution is 0.317. The maximum atomic E-state index is 12.1. The number of aryl methyl sites for hydroxylation is 1. The van der Waals surface area contributed by atoms with E-state index in [4.69, 9.17) is 10.9 Å². The molecule has 1 rings (SSSR count). The standard InChI is InChI=1S/C12H21N5O2/c1-9(2)8-17(6-4-10(13)15-19)11-12(18)16(3)7-5-14-11/h5,7,9,19H,4,6,8H2,1-3H3,(H2,13,15). The lowest BCUT2D eigenvalue weighted by Crippen LogP contribution is -2.37. The Kier molecular flexibility index (Phi) is 5.35. The SMILES string of the molecule is CC(C)CN(CCC(N)=NO)c1nccn(C)c1=O. The third-order valence-corrected chi connectivity index (χ3v) is 2.65. The monoisotopic (exact) mass is 267 g/mol. The van der Waals surface area contributed by atoms with E-state index in [-0.39, 0.29) is 11.4 Å². The highest BCUT2D eigenvalue weighted by atomic mass is 16.4. The van der Waals surface area contributed by atoms with E-state index in [9.17, 15) is 4.79 Å². The molecule has 0 aliphatic rings. The predicted octanol–water partition coefficient (Wildman–Crippen LogP) is 0.379. The molecule has 0 aliphatic carbocycles. The van der Waals surface area contributed by atoms with Crippen LogP contribution in [0, 0.1) is 5.92 Å². The highest BCUT2D eigenvalue weighted by molar-refractivity contribution is 5.80. The molecule has 0 aromatic carbocycles. The Labute approximate surface area is 112 Å². The van der Waals surface area contributed by atoms with Gasteiger partial charge >= 0.3 is 0 Å². The Morgan fingerprint density at radius 1 is 1.63 bits per heavy atom. The summed E-state index contributed by atoms with van der Waals surface area (Å²) in [5.74, 6) is 0.907. The normalized spacial score (nSPS) is 11.9. The highest BCUT2D eigenvalue weighted by Crippen LogP contribution is 2.08. The fourth-order valence-corrected chi connectivity index (χ4v) is 1.73. The zero-order valence-corrected chi connectivity index (χ0v) is 11.6. The van der Waals surface area contributed by atoms with E-state index < -0.39 is 0 Å². The third kappa shape index (κ3) is 4.27. The molecule has 0 bridgehead atoms. The van der Waals surface area contributed by atoms with Crippen LogP contribution in [0.1, 0.15) is 20.3 Å². The Morgan fingerprint density at radius 2 is 2.32 bits per heavy atom. The number of hydrogen-bond acceptors (Lipinski definition) is 5. The summed E-state index contributed by atoms with van der Waals surface area (Å²) >= 11 is 0. The molecule has 0 radical (unpaired) electrons. The molecule has 106 valence electrons. The Hall–Kier alpha value is -2.05. The van der Waals surface area contributed by atoms with Gasteiger partial charge < -0.3 is 20.4 Å². The van der Waals surface area contributed by atoms with E-state index in [0.29, 0.717) is 31.2 Å². The Bertz CT molecular complexity index is 495. The van der Waals surface area contributed by atoms with E-state index >= 15 is 0 Å². The number of nitrogens with two attached hydrogens (primary N) is 1. The van der Waals surface area contributed by atoms with Gasteiger partial charge in [0.2, 0.25) is 0 Å². The second-order valence-corrected chi connectivity index (χ2v) is 4.85. The summed E-state index contributed by atoms with van der Waals surface area (Å²) in [5.41, 5.74) is 5.32. The van der Waals surface area contributed by atoms with Crippen LogP contribution in [0.25, 0.3) is 0 Å². The summed E-state index contributed by atoms with van der Waals surface area (Å²) in [5, 5.41) is 11.5. The average molecular weight is 267 g/mol. The summed E-state index contributed by atoms with van der Waals surface area (Å²) in [4.78, 5) is 18.1. The minimum absolute atomic E-state index is 0.140. The lowest BCUT2D eigenvalue weighted by atomic mass is 10.2. The average Bonchev–Trinajstić information content (AvgIpc) is 2.37. The first kappa shape index (κ1) is 15.0. The summed E-state index contributed by atoms with van der Waals surface area (Å²) in [6.07, 6.45) is 3.58. The van der Waals surface area contributed by atoms with E-state index in [1.165, 1.54) is 4.57 Å². The van der Waals surface area contributed by atoms with Crippen LogP contribution in [-0.4, -0.2) is 33.7 Å². The smallest absolute Gasteiger partial charge is 0.293 e. The molecule has 0 aliphatic heterocycles. The molecule has 0 fully saturated rings. The van der Waals surface area contributed by atoms with Gasteiger partial charge in [0, 0.05) is 39.0 Å². The van der Waals surface area contributed by atoms with Gasteiger partial charge in [-0.05, 0) is 5.92 Å². The topological polar surface area (TPSA) is 96.7 Å². The molecule has 7 heteroatoms. The van der Waals surface area contributed by atoms with Crippen LogP contribution in [-0.2, 0) is 7.05 Å². The Balaban J connectivity index is 2.96. The van der Waals surface area contributed by atoms with Crippen molar-refractivity contribution in [2.45, 2.75) is 20.3 Å². The van der Waals surface area contributed by atoms with Crippen LogP contribution in [0.3, 0.4) is 0 Å². The zero-order chi connectivity index (χ0) is 14.4. The van der Waals surface area contributed by atoms with Crippen LogP contribution in [0.4, 0.5) is 5.82 Å². The first-order chi connectivity index (χ1) is 8.95. The van der Waals surface area contributed by atoms with Crippen LogP contribution in [0.2, 0.25) is 0 Å². The summed E-state index contributed by atoms with van der Waals surface area (Å²) in [7, 11) is 1.69. The first-order valence-electron chi connectivity index (χ1n) is 6.18. The number of nitrogens with zero attached hydrogens (tertiary/aromatic N) is 4. The van der Waals surface area contributed by atoms with Crippen LogP contribution in [0.5, 0.6) is 0 Å². The minimum Gasteiger partial charge on any atom is -0.409 e. The summed E-state index contributed by atoms with van der Waals surface area (Å²) < 4.78 is 1.49. The second kappa shape index (κ2) is 6.77. The van der Waals surface area contributed by atoms with Gasteiger partial charge in [-0.3, -0.25) is 4.79 Å². The molecule has 0 atom stereocenters. The van der Waals surface area contributed by atoms with Gasteiger partial charge in [0.25, 0.3) is 5.56 Å². The molecule has 1 aromatic heterocycles. The van der Waals surface area contributed by atoms with Crippen molar-refractivity contribution in [2.24, 2.45) is 23.9 Å². The molecule has 0 amide bonds. The molecule has 19 heavy (non-hydrogen) atoms. The van der Waals surface area contributed by atoms with Crippen molar-refractivity contribution in [1.29, 1.82) is 0 Å². The number of anilines is 1. The lowest BCUT2D eigenvalue weighted by Gasteiger charge is -2.24. The van der Waals surface area contributed by atoms with E-state index in [0.717, 1.165) is 0 Å². The molecule has 3 N–H and O–H groups in total. The van der Waals surface area contributed by atoms with Crippen molar-refractivity contribution < 1.29 is 5.21 Å². The quantitative estimate of drug-likeness (QED) is 0.336. The van der Waals surface area contributed by atoms with Gasteiger partial charge in [-0.1, -0.05) is 19.0 Å². The van der Waals surface area contributed by atoms with Gasteiger partial charge in [0.15, 0.2) is 5.82 Å². The van der Waals surface area contributed by atoms with Gasteiger partial charge in [-0.15, -0.1) is 0 Å². The number of aromatic nitrogens is 2. The van der Waals surface area contributed by atoms with Gasteiger partial charge in [0.05, 0.1) is 0 Å². The van der Waals surface area contributed by atoms with E-state index in [2.05, 4.69) is 24.0 Å². The second-order valence-electron chi connectivity index (χ2n) is 4.85. The molecule has 0 saturated heterocycles. The molecule has 7 nitrogen and oxygen atoms in total. The van der Waals surface area contributed by atoms with Crippen molar-refractivity contribution in [3.63, 3.8) is 0 Å². The first-order valence-corrected chi connectivity index (χ1v) is 6.18. The third-order valence-electron chi connectivity index (χ3n) is 2.65. The van der Waals surface area contributed by atoms with Crippen molar-refractivity contribution in [2.75, 3.05) is 18.0 Å². The molecule has 0 saturated carbocycles. The fraction of sp³-hybridized carbons (Fsp3) is 0.583. The maximum absolute atomic E-state index is 12.1. The number of amidine groups is 1. The van der Waals surface area contributed by atoms with Crippen LogP contribution < -0.4 is 16.2 Å². The van der Waals surface area contributed by atoms with Gasteiger partial charge in [-0.25, -0.2) is 4.98 Å². The largest absolute Gasteiger partial charge is 0.409 e. The van der Waals surface area contributed by atoms with Gasteiger partial charge in [-0.2, -0.15) is 0 Å². The predicted molar refractivity (Wildman–Crippen MR) is 74.6 cm³/mol. The van der Waals surface area contributed by atoms with Crippen molar-refractivity contribution in [3.8, 4) is 0 Å². The zero-order valence-electron chi connectivity index (χ0n) is 11.6. The molecule has 1 aromatic rings. The summed E-state index contributed by atoms with van der Waals surface area (Å²) in [6, 6.07) is 0. The summed E-state index contributed by atoms with van der Waals surface area (Å²) in [6.45, 7) is 5.29. The van der Waals surface area contributed by atoms with Crippen molar-refractivity contribution in [1.82, 2.24) is 9.55 Å². The van der Waals surface area contributed by atoms with Crippen molar-refractivity contribution in [3.05, 3.63) is 22.7 Å². The highest BCUT2D eigenvalue weighted by Gasteiger charge is 2.14. The van der Waals surface area contributed by atoms with Crippen LogP contribution >= 0.6 is 0 Å². The van der Waals surface area contributed by atoms with E-state index in [1.54, 1.807) is 19.4 Å². The molecule has 0 unspecified atom stereocenters. The van der Waals surface area contributed by atoms with Crippen molar-refractivity contribution >= 4 is 11.7 Å². The van der Waals surface area contributed by atoms with E-state index in [1.807, 2.05) is 4.90 Å². The molecule has 0 spiro atoms. The van der Waals surface area contributed by atoms with Crippen LogP contribution in [0.15, 0.2) is 22.3 Å². The molecule has 1 heterocycles. The maximum Gasteiger partial charge on any atom is 0.293 e. The van der Waals surface area contributed by atoms with Gasteiger partial charge in [0.1, 0.15) is 5.84 Å². The fourth-order valence-electron chi connectivity index (χ4n) is 1.73. The molecular formula is C12H21N5O2. The number of oxime groups is 1. The molecular weight excluding hydrogens is 246 g/mol. The number of rotatable bonds is 6. The number of hydrogen-bond donors (Lipinski definition) is 2.